The number of alkyl halides is 1. The van der Waals surface area contributed by atoms with Gasteiger partial charge in [-0.2, -0.15) is 0 Å². The van der Waals surface area contributed by atoms with Gasteiger partial charge < -0.3 is 69.8 Å². The monoisotopic (exact) mass is 1100 g/mol. The van der Waals surface area contributed by atoms with Gasteiger partial charge in [0.05, 0.1) is 46.4 Å². The van der Waals surface area contributed by atoms with Gasteiger partial charge in [-0.3, -0.25) is 14.6 Å². The smallest absolute Gasteiger partial charge is 0.309 e. The van der Waals surface area contributed by atoms with Crippen LogP contribution in [0.2, 0.25) is 0 Å². The molecule has 2 unspecified atom stereocenters. The molecule has 5 rings (SSSR count). The van der Waals surface area contributed by atoms with E-state index < -0.39 is 130 Å². The topological polar surface area (TPSA) is 256 Å². The summed E-state index contributed by atoms with van der Waals surface area (Å²) in [6.45, 7) is 18.4. The number of hydrogen-bond donors (Lipinski definition) is 6. The fraction of sp³-hybridized carbons (Fsp3) is 0.815. The Labute approximate surface area is 451 Å². The van der Waals surface area contributed by atoms with Crippen LogP contribution in [0.5, 0.6) is 0 Å². The highest BCUT2D eigenvalue weighted by Crippen LogP contribution is 2.45. The van der Waals surface area contributed by atoms with Crippen molar-refractivity contribution >= 4 is 21.7 Å². The number of sulfone groups is 1. The van der Waals surface area contributed by atoms with Gasteiger partial charge in [0.2, 0.25) is 5.91 Å². The molecule has 0 saturated carbocycles. The van der Waals surface area contributed by atoms with E-state index in [1.54, 1.807) is 44.9 Å². The Morgan fingerprint density at radius 1 is 1.00 bits per heavy atom. The van der Waals surface area contributed by atoms with Crippen LogP contribution in [0.15, 0.2) is 41.1 Å². The predicted octanol–water partition coefficient (Wildman–Crippen LogP) is 3.46. The fourth-order valence-corrected chi connectivity index (χ4v) is 13.7. The first kappa shape index (κ1) is 63.7. The number of amides is 1. The summed E-state index contributed by atoms with van der Waals surface area (Å²) < 4.78 is 78.6. The first-order valence-electron chi connectivity index (χ1n) is 27.0. The summed E-state index contributed by atoms with van der Waals surface area (Å²) in [5.74, 6) is -4.77. The van der Waals surface area contributed by atoms with E-state index in [0.29, 0.717) is 37.9 Å². The Morgan fingerprint density at radius 3 is 2.22 bits per heavy atom. The van der Waals surface area contributed by atoms with Crippen LogP contribution in [-0.4, -0.2) is 205 Å². The number of cyclic esters (lactones) is 1. The molecule has 0 spiro atoms. The molecule has 1 aromatic rings. The van der Waals surface area contributed by atoms with Gasteiger partial charge in [0.25, 0.3) is 0 Å². The Morgan fingerprint density at radius 2 is 1.64 bits per heavy atom. The standard InChI is InChI=1S/C54H93FN6O14S/c1-16-43-54(10,67)48(63)35(6)59(12)28-31(2)25-52(8,66)50(33(4)46(34(5)51(65)74-43)42-26-53(9,71-15)49(64)36(7)73-42)75-45-24-39(23-32(3)72-45)58(11)22-21-38-29-61(60(13)57-38)41(27-55)47(70-14)37-17-19-40(20-18-37)76(68,69)30-44(56)62/h17-20,29,31-36,39,41-43,45-50,57,63-64,66-67H,16,21-28,30H2,1-15H3,(H2,56,62)/t31-,32-,33+,34-,35-,36+,39+,41-,42-,43-,45+,46?,47?,48-,49+,50-,52-,53-,54-/m1/s1. The fourth-order valence-electron chi connectivity index (χ4n) is 12.6. The molecule has 3 fully saturated rings. The van der Waals surface area contributed by atoms with E-state index in [9.17, 15) is 38.4 Å². The second-order valence-electron chi connectivity index (χ2n) is 23.3. The minimum atomic E-state index is -3.94. The van der Waals surface area contributed by atoms with E-state index in [0.717, 1.165) is 5.70 Å². The lowest BCUT2D eigenvalue weighted by molar-refractivity contribution is -0.275. The third kappa shape index (κ3) is 14.6. The number of nitrogens with zero attached hydrogens (tertiary/aromatic N) is 4. The summed E-state index contributed by atoms with van der Waals surface area (Å²) in [4.78, 5) is 30.1. The van der Waals surface area contributed by atoms with Gasteiger partial charge in [-0.1, -0.05) is 39.8 Å². The number of primary amides is 1. The summed E-state index contributed by atoms with van der Waals surface area (Å²) in [6.07, 6.45) is -3.32. The number of nitrogens with one attached hydrogen (secondary N) is 1. The minimum absolute atomic E-state index is 0.0336. The molecule has 0 aliphatic carbocycles. The lowest BCUT2D eigenvalue weighted by atomic mass is 9.68. The highest BCUT2D eigenvalue weighted by atomic mass is 32.2. The Bertz CT molecular complexity index is 2210. The predicted molar refractivity (Wildman–Crippen MR) is 283 cm³/mol. The maximum Gasteiger partial charge on any atom is 0.309 e. The van der Waals surface area contributed by atoms with Crippen molar-refractivity contribution in [3.8, 4) is 0 Å². The molecule has 0 bridgehead atoms. The number of rotatable bonds is 17. The molecule has 1 amide bonds. The normalized spacial score (nSPS) is 38.9. The molecule has 436 valence electrons. The third-order valence-corrected chi connectivity index (χ3v) is 18.7. The highest BCUT2D eigenvalue weighted by molar-refractivity contribution is 7.92. The number of nitrogens with two attached hydrogens (primary N) is 1. The van der Waals surface area contributed by atoms with E-state index in [4.69, 9.17) is 34.2 Å². The second kappa shape index (κ2) is 26.0. The molecular weight excluding hydrogens is 1010 g/mol. The number of esters is 1. The summed E-state index contributed by atoms with van der Waals surface area (Å²) in [5.41, 5.74) is 5.44. The van der Waals surface area contributed by atoms with Crippen LogP contribution in [0.1, 0.15) is 119 Å². The molecule has 3 saturated heterocycles. The second-order valence-corrected chi connectivity index (χ2v) is 25.2. The number of hydrazine groups is 2. The number of benzene rings is 1. The minimum Gasteiger partial charge on any atom is -0.459 e. The SMILES string of the molecule is CC[C@H]1OC(=O)[C@H](C)C([C@H]2C[C@@](C)(OC)[C@@H](O)[C@H](C)O2)[C@H](C)[C@@H](O[C@H]2C[C@@H](N(C)CCC3=CN([C@H](CF)C(OC)c4ccc(S(=O)(=O)CC(N)=O)cc4)N(C)N3)C[C@@H](C)O2)[C@](C)(O)C[C@@H](C)CN(C)[C@H](C)[C@@H](O)[C@]1(C)O. The number of methoxy groups -OCH3 is 2. The molecule has 0 radical (unpaired) electrons. The van der Waals surface area contributed by atoms with E-state index in [1.165, 1.54) is 45.4 Å². The van der Waals surface area contributed by atoms with Gasteiger partial charge in [0.15, 0.2) is 16.1 Å². The van der Waals surface area contributed by atoms with Gasteiger partial charge in [0, 0.05) is 83.5 Å². The van der Waals surface area contributed by atoms with Gasteiger partial charge in [0.1, 0.15) is 48.5 Å². The first-order chi connectivity index (χ1) is 35.3. The zero-order valence-corrected chi connectivity index (χ0v) is 48.5. The molecule has 76 heavy (non-hydrogen) atoms. The van der Waals surface area contributed by atoms with Crippen LogP contribution >= 0.6 is 0 Å². The molecular formula is C54H93FN6O14S. The van der Waals surface area contributed by atoms with Crippen molar-refractivity contribution in [2.75, 3.05) is 60.9 Å². The summed E-state index contributed by atoms with van der Waals surface area (Å²) >= 11 is 0. The van der Waals surface area contributed by atoms with E-state index in [-0.39, 0.29) is 42.2 Å². The molecule has 7 N–H and O–H groups in total. The zero-order chi connectivity index (χ0) is 57.0. The molecule has 4 aliphatic heterocycles. The lowest BCUT2D eigenvalue weighted by Crippen LogP contribution is -2.61. The molecule has 4 heterocycles. The maximum atomic E-state index is 15.1. The van der Waals surface area contributed by atoms with Gasteiger partial charge >= 0.3 is 5.97 Å². The number of ether oxygens (including phenoxy) is 6. The molecule has 0 aromatic heterocycles. The average Bonchev–Trinajstić information content (AvgIpc) is 3.72. The quantitative estimate of drug-likeness (QED) is 0.122. The van der Waals surface area contributed by atoms with Crippen molar-refractivity contribution < 1.29 is 71.2 Å². The summed E-state index contributed by atoms with van der Waals surface area (Å²) in [5, 5.41) is 51.3. The Kier molecular flexibility index (Phi) is 21.8. The Balaban J connectivity index is 1.41. The molecule has 19 atom stereocenters. The number of halogens is 1. The van der Waals surface area contributed by atoms with E-state index in [1.807, 2.05) is 59.8 Å². The van der Waals surface area contributed by atoms with Crippen molar-refractivity contribution in [1.82, 2.24) is 25.4 Å². The number of likely N-dealkylation sites (N-methyl/N-ethyl adjacent to an activating group) is 1. The van der Waals surface area contributed by atoms with Crippen LogP contribution in [0.4, 0.5) is 4.39 Å². The van der Waals surface area contributed by atoms with Gasteiger partial charge in [-0.05, 0) is 104 Å². The molecule has 1 aromatic carbocycles. The van der Waals surface area contributed by atoms with Gasteiger partial charge in [-0.15, -0.1) is 5.12 Å². The van der Waals surface area contributed by atoms with E-state index >= 15 is 4.39 Å². The lowest BCUT2D eigenvalue weighted by Gasteiger charge is -2.51. The number of carbonyl (C=O) groups excluding carboxylic acids is 2. The van der Waals surface area contributed by atoms with Crippen LogP contribution in [0.25, 0.3) is 0 Å². The highest BCUT2D eigenvalue weighted by Gasteiger charge is 2.54. The van der Waals surface area contributed by atoms with Crippen LogP contribution in [0.3, 0.4) is 0 Å². The summed E-state index contributed by atoms with van der Waals surface area (Å²) in [7, 11) is 4.70. The van der Waals surface area contributed by atoms with Crippen LogP contribution in [0, 0.1) is 23.7 Å². The molecule has 4 aliphatic rings. The zero-order valence-electron chi connectivity index (χ0n) is 47.7. The molecule has 22 heteroatoms. The number of carbonyl (C=O) groups is 2. The van der Waals surface area contributed by atoms with Crippen molar-refractivity contribution in [3.05, 3.63) is 41.7 Å². The number of hydrogen-bond acceptors (Lipinski definition) is 19. The van der Waals surface area contributed by atoms with Crippen molar-refractivity contribution in [2.24, 2.45) is 29.4 Å². The van der Waals surface area contributed by atoms with Crippen LogP contribution < -0.4 is 11.2 Å². The van der Waals surface area contributed by atoms with Crippen LogP contribution in [-0.2, 0) is 47.8 Å². The van der Waals surface area contributed by atoms with E-state index in [2.05, 4.69) is 10.3 Å². The third-order valence-electron chi connectivity index (χ3n) is 17.1. The number of aliphatic hydroxyl groups is 4. The summed E-state index contributed by atoms with van der Waals surface area (Å²) in [6, 6.07) is 4.36. The maximum absolute atomic E-state index is 15.1. The van der Waals surface area contributed by atoms with Crippen molar-refractivity contribution in [3.63, 3.8) is 0 Å². The average molecular weight is 1100 g/mol. The van der Waals surface area contributed by atoms with Gasteiger partial charge in [-0.25, -0.2) is 12.8 Å². The van der Waals surface area contributed by atoms with Crippen molar-refractivity contribution in [1.29, 1.82) is 0 Å². The first-order valence-corrected chi connectivity index (χ1v) is 28.6. The largest absolute Gasteiger partial charge is 0.459 e. The number of aliphatic hydroxyl groups excluding tert-OH is 2. The van der Waals surface area contributed by atoms with Crippen molar-refractivity contribution in [2.45, 2.75) is 203 Å². The molecule has 20 nitrogen and oxygen atoms in total. The Hall–Kier alpha value is -3.10.